The first-order valence-electron chi connectivity index (χ1n) is 8.94. The van der Waals surface area contributed by atoms with Gasteiger partial charge >= 0.3 is 6.36 Å². The van der Waals surface area contributed by atoms with Crippen LogP contribution < -0.4 is 9.64 Å². The van der Waals surface area contributed by atoms with E-state index in [9.17, 15) is 18.0 Å². The van der Waals surface area contributed by atoms with Gasteiger partial charge in [0.15, 0.2) is 0 Å². The largest absolute Gasteiger partial charge is 0.573 e. The number of ether oxygens (including phenoxy) is 1. The van der Waals surface area contributed by atoms with E-state index in [1.54, 1.807) is 4.90 Å². The van der Waals surface area contributed by atoms with Crippen LogP contribution in [0.2, 0.25) is 0 Å². The lowest BCUT2D eigenvalue weighted by Gasteiger charge is -2.23. The summed E-state index contributed by atoms with van der Waals surface area (Å²) in [6.07, 6.45) is -4.20. The van der Waals surface area contributed by atoms with E-state index in [4.69, 9.17) is 0 Å². The lowest BCUT2D eigenvalue weighted by molar-refractivity contribution is -0.274. The Bertz CT molecular complexity index is 837. The molecular weight excluding hydrogens is 373 g/mol. The molecule has 0 radical (unpaired) electrons. The molecule has 0 bridgehead atoms. The molecule has 0 saturated carbocycles. The van der Waals surface area contributed by atoms with Gasteiger partial charge in [-0.05, 0) is 38.5 Å². The van der Waals surface area contributed by atoms with Gasteiger partial charge in [-0.15, -0.1) is 13.2 Å². The van der Waals surface area contributed by atoms with Crippen LogP contribution in [0.3, 0.4) is 0 Å². The number of carbonyl (C=O) groups excluding carboxylic acids is 1. The summed E-state index contributed by atoms with van der Waals surface area (Å²) < 4.78 is 41.9. The van der Waals surface area contributed by atoms with E-state index in [0.717, 1.165) is 17.5 Å². The maximum absolute atomic E-state index is 12.8. The van der Waals surface area contributed by atoms with Crippen molar-refractivity contribution in [1.82, 2.24) is 14.9 Å². The summed E-state index contributed by atoms with van der Waals surface area (Å²) in [4.78, 5) is 25.3. The average molecular weight is 394 g/mol. The number of benzene rings is 1. The maximum Gasteiger partial charge on any atom is 0.573 e. The number of nitrogens with zero attached hydrogens (tertiary/aromatic N) is 4. The van der Waals surface area contributed by atoms with Crippen LogP contribution in [0.1, 0.15) is 28.2 Å². The highest BCUT2D eigenvalue weighted by Gasteiger charge is 2.33. The second-order valence-electron chi connectivity index (χ2n) is 6.63. The number of amides is 1. The number of carbonyl (C=O) groups is 1. The summed E-state index contributed by atoms with van der Waals surface area (Å²) in [5.41, 5.74) is 1.62. The Hall–Kier alpha value is -2.84. The lowest BCUT2D eigenvalue weighted by Crippen LogP contribution is -2.36. The second kappa shape index (κ2) is 8.04. The van der Waals surface area contributed by atoms with Crippen LogP contribution >= 0.6 is 0 Å². The lowest BCUT2D eigenvalue weighted by atomic mass is 10.1. The predicted molar refractivity (Wildman–Crippen MR) is 97.4 cm³/mol. The molecule has 0 aliphatic carbocycles. The first-order chi connectivity index (χ1) is 13.2. The second-order valence-corrected chi connectivity index (χ2v) is 6.63. The van der Waals surface area contributed by atoms with Crippen molar-refractivity contribution in [2.24, 2.45) is 0 Å². The van der Waals surface area contributed by atoms with Crippen LogP contribution in [0.4, 0.5) is 19.1 Å². The minimum atomic E-state index is -4.85. The van der Waals surface area contributed by atoms with Crippen LogP contribution in [-0.2, 0) is 0 Å². The Kier molecular flexibility index (Phi) is 5.71. The van der Waals surface area contributed by atoms with Crippen molar-refractivity contribution in [3.05, 3.63) is 47.3 Å². The van der Waals surface area contributed by atoms with E-state index in [0.29, 0.717) is 38.5 Å². The van der Waals surface area contributed by atoms with E-state index in [1.165, 1.54) is 18.2 Å². The molecule has 3 rings (SSSR count). The molecule has 2 heterocycles. The number of aryl methyl sites for hydroxylation is 2. The summed E-state index contributed by atoms with van der Waals surface area (Å²) in [6, 6.07) is 7.30. The van der Waals surface area contributed by atoms with E-state index in [-0.39, 0.29) is 5.56 Å². The Labute approximate surface area is 160 Å². The number of hydrogen-bond acceptors (Lipinski definition) is 5. The van der Waals surface area contributed by atoms with Gasteiger partial charge in [0.05, 0.1) is 5.56 Å². The van der Waals surface area contributed by atoms with Crippen molar-refractivity contribution >= 4 is 11.9 Å². The SMILES string of the molecule is Cc1cc(C)nc(N2CCCN(C(=O)c3ccccc3OC(F)(F)F)CC2)n1. The Morgan fingerprint density at radius 1 is 1.04 bits per heavy atom. The van der Waals surface area contributed by atoms with E-state index < -0.39 is 18.0 Å². The first-order valence-corrected chi connectivity index (χ1v) is 8.94. The van der Waals surface area contributed by atoms with Crippen molar-refractivity contribution in [3.8, 4) is 5.75 Å². The number of hydrogen-bond donors (Lipinski definition) is 0. The molecule has 2 aromatic rings. The minimum Gasteiger partial charge on any atom is -0.405 e. The highest BCUT2D eigenvalue weighted by atomic mass is 19.4. The summed E-state index contributed by atoms with van der Waals surface area (Å²) >= 11 is 0. The van der Waals surface area contributed by atoms with Crippen LogP contribution in [0, 0.1) is 13.8 Å². The van der Waals surface area contributed by atoms with Gasteiger partial charge in [0.1, 0.15) is 5.75 Å². The highest BCUT2D eigenvalue weighted by molar-refractivity contribution is 5.97. The molecule has 1 fully saturated rings. The smallest absolute Gasteiger partial charge is 0.405 e. The molecular formula is C19H21F3N4O2. The zero-order chi connectivity index (χ0) is 20.3. The third-order valence-corrected chi connectivity index (χ3v) is 4.38. The molecule has 9 heteroatoms. The topological polar surface area (TPSA) is 58.6 Å². The van der Waals surface area contributed by atoms with Gasteiger partial charge in [-0.3, -0.25) is 4.79 Å². The molecule has 6 nitrogen and oxygen atoms in total. The summed E-state index contributed by atoms with van der Waals surface area (Å²) in [7, 11) is 0. The fraction of sp³-hybridized carbons (Fsp3) is 0.421. The van der Waals surface area contributed by atoms with Crippen molar-refractivity contribution in [3.63, 3.8) is 0 Å². The normalized spacial score (nSPS) is 15.3. The van der Waals surface area contributed by atoms with Gasteiger partial charge < -0.3 is 14.5 Å². The number of anilines is 1. The van der Waals surface area contributed by atoms with E-state index in [1.807, 2.05) is 24.8 Å². The molecule has 1 saturated heterocycles. The molecule has 0 N–H and O–H groups in total. The van der Waals surface area contributed by atoms with Crippen molar-refractivity contribution in [1.29, 1.82) is 0 Å². The molecule has 1 aromatic carbocycles. The molecule has 0 unspecified atom stereocenters. The van der Waals surface area contributed by atoms with Crippen molar-refractivity contribution in [2.45, 2.75) is 26.6 Å². The molecule has 1 aromatic heterocycles. The quantitative estimate of drug-likeness (QED) is 0.799. The maximum atomic E-state index is 12.8. The van der Waals surface area contributed by atoms with E-state index in [2.05, 4.69) is 14.7 Å². The van der Waals surface area contributed by atoms with Gasteiger partial charge in [-0.2, -0.15) is 0 Å². The Morgan fingerprint density at radius 3 is 2.39 bits per heavy atom. The zero-order valence-electron chi connectivity index (χ0n) is 15.7. The predicted octanol–water partition coefficient (Wildman–Crippen LogP) is 3.34. The zero-order valence-corrected chi connectivity index (χ0v) is 15.7. The molecule has 150 valence electrons. The molecule has 28 heavy (non-hydrogen) atoms. The third kappa shape index (κ3) is 4.90. The molecule has 1 aliphatic heterocycles. The molecule has 1 aliphatic rings. The van der Waals surface area contributed by atoms with E-state index >= 15 is 0 Å². The van der Waals surface area contributed by atoms with Crippen LogP contribution in [-0.4, -0.2) is 53.3 Å². The summed E-state index contributed by atoms with van der Waals surface area (Å²) in [5.74, 6) is -0.366. The molecule has 0 atom stereocenters. The number of rotatable bonds is 3. The van der Waals surface area contributed by atoms with Crippen LogP contribution in [0.15, 0.2) is 30.3 Å². The van der Waals surface area contributed by atoms with Crippen LogP contribution in [0.5, 0.6) is 5.75 Å². The van der Waals surface area contributed by atoms with Gasteiger partial charge in [0.25, 0.3) is 5.91 Å². The minimum absolute atomic E-state index is 0.101. The standard InChI is InChI=1S/C19H21F3N4O2/c1-13-12-14(2)24-18(23-13)26-9-5-8-25(10-11-26)17(27)15-6-3-4-7-16(15)28-19(20,21)22/h3-4,6-7,12H,5,8-11H2,1-2H3. The van der Waals surface area contributed by atoms with Crippen LogP contribution in [0.25, 0.3) is 0 Å². The van der Waals surface area contributed by atoms with Gasteiger partial charge in [0, 0.05) is 37.6 Å². The number of aromatic nitrogens is 2. The number of para-hydroxylation sites is 1. The highest BCUT2D eigenvalue weighted by Crippen LogP contribution is 2.27. The van der Waals surface area contributed by atoms with Gasteiger partial charge in [-0.25, -0.2) is 9.97 Å². The average Bonchev–Trinajstić information content (AvgIpc) is 2.85. The van der Waals surface area contributed by atoms with Crippen molar-refractivity contribution in [2.75, 3.05) is 31.1 Å². The number of halogens is 3. The summed E-state index contributed by atoms with van der Waals surface area (Å²) in [6.45, 7) is 5.73. The fourth-order valence-corrected chi connectivity index (χ4v) is 3.20. The Morgan fingerprint density at radius 2 is 1.71 bits per heavy atom. The first kappa shape index (κ1) is 19.9. The fourth-order valence-electron chi connectivity index (χ4n) is 3.20. The molecule has 1 amide bonds. The monoisotopic (exact) mass is 394 g/mol. The van der Waals surface area contributed by atoms with Crippen molar-refractivity contribution < 1.29 is 22.7 Å². The number of alkyl halides is 3. The molecule has 0 spiro atoms. The Balaban J connectivity index is 1.75. The van der Waals surface area contributed by atoms with Gasteiger partial charge in [0.2, 0.25) is 5.95 Å². The summed E-state index contributed by atoms with van der Waals surface area (Å²) in [5, 5.41) is 0. The van der Waals surface area contributed by atoms with Gasteiger partial charge in [-0.1, -0.05) is 12.1 Å². The third-order valence-electron chi connectivity index (χ3n) is 4.38.